The Labute approximate surface area is 213 Å². The van der Waals surface area contributed by atoms with E-state index in [1.54, 1.807) is 16.3 Å². The molecule has 0 bridgehead atoms. The van der Waals surface area contributed by atoms with Crippen molar-refractivity contribution in [2.45, 2.75) is 37.7 Å². The molecule has 0 atom stereocenters. The molecule has 0 spiro atoms. The summed E-state index contributed by atoms with van der Waals surface area (Å²) < 4.78 is 3.71. The van der Waals surface area contributed by atoms with Crippen molar-refractivity contribution in [2.24, 2.45) is 5.92 Å². The van der Waals surface area contributed by atoms with Crippen molar-refractivity contribution in [3.05, 3.63) is 100 Å². The van der Waals surface area contributed by atoms with Crippen LogP contribution in [-0.2, 0) is 12.3 Å². The molecule has 5 aromatic rings. The van der Waals surface area contributed by atoms with Gasteiger partial charge in [-0.15, -0.1) is 10.2 Å². The Bertz CT molecular complexity index is 1570. The third-order valence-corrected chi connectivity index (χ3v) is 7.02. The monoisotopic (exact) mass is 497 g/mol. The zero-order valence-electron chi connectivity index (χ0n) is 20.2. The summed E-state index contributed by atoms with van der Waals surface area (Å²) in [5, 5.41) is 13.1. The molecular weight excluding hydrogens is 470 g/mol. The van der Waals surface area contributed by atoms with Crippen LogP contribution in [0.25, 0.3) is 16.7 Å². The third-order valence-electron chi connectivity index (χ3n) is 6.02. The van der Waals surface area contributed by atoms with Gasteiger partial charge in [-0.25, -0.2) is 0 Å². The number of nitrogens with one attached hydrogen (secondary N) is 1. The van der Waals surface area contributed by atoms with Crippen LogP contribution in [0.1, 0.15) is 36.2 Å². The van der Waals surface area contributed by atoms with E-state index in [-0.39, 0.29) is 11.5 Å². The third kappa shape index (κ3) is 4.90. The Kier molecular flexibility index (Phi) is 6.86. The van der Waals surface area contributed by atoms with Crippen LogP contribution < -0.4 is 10.9 Å². The second-order valence-corrected chi connectivity index (χ2v) is 10.0. The molecule has 0 fully saturated rings. The summed E-state index contributed by atoms with van der Waals surface area (Å²) >= 11 is 1.55. The molecule has 3 aromatic carbocycles. The minimum atomic E-state index is -0.144. The molecule has 0 aliphatic heterocycles. The number of aryl methyl sites for hydroxylation is 1. The van der Waals surface area contributed by atoms with Gasteiger partial charge in [0.05, 0.1) is 10.9 Å². The first-order valence-electron chi connectivity index (χ1n) is 12.0. The van der Waals surface area contributed by atoms with Crippen LogP contribution in [0.3, 0.4) is 0 Å². The van der Waals surface area contributed by atoms with E-state index in [2.05, 4.69) is 29.4 Å². The average Bonchev–Trinajstić information content (AvgIpc) is 3.32. The molecule has 0 unspecified atom stereocenters. The smallest absolute Gasteiger partial charge is 0.262 e. The first-order valence-corrected chi connectivity index (χ1v) is 12.9. The van der Waals surface area contributed by atoms with E-state index < -0.39 is 0 Å². The second kappa shape index (κ2) is 10.4. The summed E-state index contributed by atoms with van der Waals surface area (Å²) in [5.41, 5.74) is 3.19. The van der Waals surface area contributed by atoms with Gasteiger partial charge >= 0.3 is 0 Å². The first-order chi connectivity index (χ1) is 17.5. The molecule has 7 nitrogen and oxygen atoms in total. The van der Waals surface area contributed by atoms with Crippen molar-refractivity contribution in [2.75, 3.05) is 5.32 Å². The zero-order valence-corrected chi connectivity index (χ0v) is 21.0. The van der Waals surface area contributed by atoms with E-state index >= 15 is 0 Å². The number of hydrogen-bond acceptors (Lipinski definition) is 5. The number of para-hydroxylation sites is 2. The minimum absolute atomic E-state index is 0.0351. The van der Waals surface area contributed by atoms with Crippen LogP contribution in [0.5, 0.6) is 0 Å². The van der Waals surface area contributed by atoms with Gasteiger partial charge in [0.25, 0.3) is 11.5 Å². The number of fused-ring (bicyclic) bond motifs is 3. The van der Waals surface area contributed by atoms with Gasteiger partial charge in [0, 0.05) is 23.5 Å². The molecule has 0 radical (unpaired) electrons. The number of aromatic nitrogens is 4. The van der Waals surface area contributed by atoms with E-state index in [0.29, 0.717) is 34.9 Å². The van der Waals surface area contributed by atoms with Gasteiger partial charge in [0.2, 0.25) is 5.78 Å². The Balaban J connectivity index is 1.38. The highest BCUT2D eigenvalue weighted by Crippen LogP contribution is 2.25. The lowest BCUT2D eigenvalue weighted by atomic mass is 10.1. The van der Waals surface area contributed by atoms with Crippen molar-refractivity contribution in [1.82, 2.24) is 19.2 Å². The average molecular weight is 498 g/mol. The number of anilines is 1. The summed E-state index contributed by atoms with van der Waals surface area (Å²) in [4.78, 5) is 25.7. The van der Waals surface area contributed by atoms with Gasteiger partial charge in [-0.3, -0.25) is 18.6 Å². The fourth-order valence-electron chi connectivity index (χ4n) is 4.04. The molecule has 2 aromatic heterocycles. The highest BCUT2D eigenvalue weighted by molar-refractivity contribution is 7.98. The Morgan fingerprint density at radius 1 is 0.944 bits per heavy atom. The fourth-order valence-corrected chi connectivity index (χ4v) is 4.94. The number of nitrogens with zero attached hydrogens (tertiary/aromatic N) is 4. The number of hydrogen-bond donors (Lipinski definition) is 1. The predicted octanol–water partition coefficient (Wildman–Crippen LogP) is 5.63. The van der Waals surface area contributed by atoms with Gasteiger partial charge in [-0.1, -0.05) is 68.1 Å². The van der Waals surface area contributed by atoms with Gasteiger partial charge in [0.1, 0.15) is 0 Å². The van der Waals surface area contributed by atoms with Crippen molar-refractivity contribution < 1.29 is 4.79 Å². The number of rotatable bonds is 8. The van der Waals surface area contributed by atoms with Crippen molar-refractivity contribution in [1.29, 1.82) is 0 Å². The SMILES string of the molecule is CC(C)CCn1c(=O)c2ccccc2n2c(SCc3ccc(C(=O)Nc4ccccc4)cc3)nnc12. The molecule has 0 aliphatic rings. The number of carbonyl (C=O) groups excluding carboxylic acids is 1. The van der Waals surface area contributed by atoms with E-state index in [9.17, 15) is 9.59 Å². The van der Waals surface area contributed by atoms with Crippen LogP contribution in [0, 0.1) is 5.92 Å². The molecular formula is C28H27N5O2S. The van der Waals surface area contributed by atoms with Crippen molar-refractivity contribution in [3.63, 3.8) is 0 Å². The van der Waals surface area contributed by atoms with Gasteiger partial charge in [0.15, 0.2) is 5.16 Å². The van der Waals surface area contributed by atoms with Crippen LogP contribution in [-0.4, -0.2) is 25.1 Å². The molecule has 0 saturated carbocycles. The highest BCUT2D eigenvalue weighted by atomic mass is 32.2. The second-order valence-electron chi connectivity index (χ2n) is 9.08. The van der Waals surface area contributed by atoms with Crippen LogP contribution in [0.15, 0.2) is 88.8 Å². The summed E-state index contributed by atoms with van der Waals surface area (Å²) in [7, 11) is 0. The highest BCUT2D eigenvalue weighted by Gasteiger charge is 2.17. The molecule has 36 heavy (non-hydrogen) atoms. The van der Waals surface area contributed by atoms with Gasteiger partial charge in [-0.2, -0.15) is 0 Å². The largest absolute Gasteiger partial charge is 0.322 e. The molecule has 2 heterocycles. The van der Waals surface area contributed by atoms with Gasteiger partial charge < -0.3 is 5.32 Å². The summed E-state index contributed by atoms with van der Waals surface area (Å²) in [6, 6.07) is 24.6. The van der Waals surface area contributed by atoms with E-state index in [4.69, 9.17) is 0 Å². The fraction of sp³-hybridized carbons (Fsp3) is 0.214. The zero-order chi connectivity index (χ0) is 25.1. The van der Waals surface area contributed by atoms with Gasteiger partial charge in [-0.05, 0) is 54.3 Å². The molecule has 1 amide bonds. The normalized spacial score (nSPS) is 11.4. The molecule has 182 valence electrons. The van der Waals surface area contributed by atoms with Crippen molar-refractivity contribution in [3.8, 4) is 0 Å². The van der Waals surface area contributed by atoms with Crippen molar-refractivity contribution >= 4 is 40.0 Å². The lowest BCUT2D eigenvalue weighted by molar-refractivity contribution is 0.102. The number of carbonyl (C=O) groups is 1. The van der Waals surface area contributed by atoms with E-state index in [0.717, 1.165) is 28.3 Å². The van der Waals surface area contributed by atoms with Crippen LogP contribution in [0.4, 0.5) is 5.69 Å². The molecule has 0 aliphatic carbocycles. The molecule has 0 saturated heterocycles. The molecule has 1 N–H and O–H groups in total. The van der Waals surface area contributed by atoms with E-state index in [1.165, 1.54) is 0 Å². The molecule has 5 rings (SSSR count). The minimum Gasteiger partial charge on any atom is -0.322 e. The standard InChI is InChI=1S/C28H27N5O2S/c1-19(2)16-17-32-26(35)23-10-6-7-11-24(23)33-27(32)30-31-28(33)36-18-20-12-14-21(15-13-20)25(34)29-22-8-4-3-5-9-22/h3-15,19H,16-18H2,1-2H3,(H,29,34). The number of benzene rings is 3. The maximum Gasteiger partial charge on any atom is 0.262 e. The first kappa shape index (κ1) is 23.8. The Morgan fingerprint density at radius 3 is 2.42 bits per heavy atom. The number of amides is 1. The maximum atomic E-state index is 13.2. The topological polar surface area (TPSA) is 81.3 Å². The lowest BCUT2D eigenvalue weighted by Gasteiger charge is -2.12. The lowest BCUT2D eigenvalue weighted by Crippen LogP contribution is -2.24. The quantitative estimate of drug-likeness (QED) is 0.281. The van der Waals surface area contributed by atoms with E-state index in [1.807, 2.05) is 83.3 Å². The molecule has 8 heteroatoms. The Morgan fingerprint density at radius 2 is 1.67 bits per heavy atom. The summed E-state index contributed by atoms with van der Waals surface area (Å²) in [6.07, 6.45) is 0.882. The number of thioether (sulfide) groups is 1. The Hall–Kier alpha value is -3.91. The predicted molar refractivity (Wildman–Crippen MR) is 145 cm³/mol. The summed E-state index contributed by atoms with van der Waals surface area (Å²) in [6.45, 7) is 4.88. The summed E-state index contributed by atoms with van der Waals surface area (Å²) in [5.74, 6) is 1.54. The maximum absolute atomic E-state index is 13.2. The van der Waals surface area contributed by atoms with Crippen LogP contribution >= 0.6 is 11.8 Å². The van der Waals surface area contributed by atoms with Crippen LogP contribution in [0.2, 0.25) is 0 Å².